The summed E-state index contributed by atoms with van der Waals surface area (Å²) in [5.41, 5.74) is 0.635. The minimum atomic E-state index is -3.59. The molecular weight excluding hydrogens is 537 g/mol. The maximum Gasteiger partial charge on any atom is 0.242 e. The van der Waals surface area contributed by atoms with Crippen LogP contribution in [0.1, 0.15) is 46.1 Å². The number of carbonyl (C=O) groups excluding carboxylic acids is 2. The lowest BCUT2D eigenvalue weighted by molar-refractivity contribution is -0.141. The fraction of sp³-hybridized carbons (Fsp3) is 0.462. The lowest BCUT2D eigenvalue weighted by Crippen LogP contribution is -2.52. The van der Waals surface area contributed by atoms with Gasteiger partial charge in [0.15, 0.2) is 0 Å². The van der Waals surface area contributed by atoms with Crippen molar-refractivity contribution >= 4 is 50.7 Å². The van der Waals surface area contributed by atoms with E-state index < -0.39 is 21.6 Å². The van der Waals surface area contributed by atoms with Gasteiger partial charge >= 0.3 is 0 Å². The summed E-state index contributed by atoms with van der Waals surface area (Å²) in [6.07, 6.45) is 1.39. The Balaban J connectivity index is 2.22. The van der Waals surface area contributed by atoms with Crippen molar-refractivity contribution < 1.29 is 22.7 Å². The predicted octanol–water partition coefficient (Wildman–Crippen LogP) is 4.88. The summed E-state index contributed by atoms with van der Waals surface area (Å²) in [6.45, 7) is 7.43. The van der Waals surface area contributed by atoms with Gasteiger partial charge in [0.1, 0.15) is 11.8 Å². The Hall–Kier alpha value is -2.49. The largest absolute Gasteiger partial charge is 0.497 e. The van der Waals surface area contributed by atoms with Crippen LogP contribution in [0.2, 0.25) is 10.0 Å². The van der Waals surface area contributed by atoms with E-state index in [1.807, 2.05) is 20.8 Å². The number of nitrogens with one attached hydrogen (secondary N) is 1. The third kappa shape index (κ3) is 9.39. The van der Waals surface area contributed by atoms with Crippen LogP contribution < -0.4 is 14.4 Å². The normalized spacial score (nSPS) is 12.5. The molecule has 2 amide bonds. The van der Waals surface area contributed by atoms with Crippen molar-refractivity contribution in [3.63, 3.8) is 0 Å². The number of carbonyl (C=O) groups is 2. The summed E-state index contributed by atoms with van der Waals surface area (Å²) in [4.78, 5) is 27.8. The van der Waals surface area contributed by atoms with Crippen LogP contribution in [0.5, 0.6) is 5.75 Å². The van der Waals surface area contributed by atoms with E-state index in [1.165, 1.54) is 16.3 Å². The molecular formula is C26H35Cl2N3O5S. The van der Waals surface area contributed by atoms with Gasteiger partial charge in [0, 0.05) is 35.1 Å². The van der Waals surface area contributed by atoms with Gasteiger partial charge in [0.05, 0.1) is 19.1 Å². The molecule has 1 N–H and O–H groups in total. The van der Waals surface area contributed by atoms with E-state index in [1.54, 1.807) is 49.4 Å². The van der Waals surface area contributed by atoms with Crippen molar-refractivity contribution in [2.75, 3.05) is 24.2 Å². The Bertz CT molecular complexity index is 1200. The van der Waals surface area contributed by atoms with Crippen molar-refractivity contribution in [1.29, 1.82) is 0 Å². The standard InChI is InChI=1S/C26H35Cl2N3O5S/c1-18(25(33)29-26(2,3)4)30(17-19-9-10-20(27)16-23(19)28)24(32)8-7-15-31(37(6,34)35)21-11-13-22(36-5)14-12-21/h9-14,16,18H,7-8,15,17H2,1-6H3,(H,29,33). The van der Waals surface area contributed by atoms with E-state index in [-0.39, 0.29) is 37.7 Å². The summed E-state index contributed by atoms with van der Waals surface area (Å²) < 4.78 is 31.3. The summed E-state index contributed by atoms with van der Waals surface area (Å²) in [6, 6.07) is 10.8. The van der Waals surface area contributed by atoms with Crippen LogP contribution in [0, 0.1) is 0 Å². The van der Waals surface area contributed by atoms with Crippen LogP contribution in [-0.2, 0) is 26.2 Å². The average molecular weight is 573 g/mol. The van der Waals surface area contributed by atoms with E-state index in [2.05, 4.69) is 5.32 Å². The Labute approximate surface area is 229 Å². The highest BCUT2D eigenvalue weighted by Gasteiger charge is 2.29. The van der Waals surface area contributed by atoms with Gasteiger partial charge in [-0.1, -0.05) is 29.3 Å². The van der Waals surface area contributed by atoms with E-state index in [4.69, 9.17) is 27.9 Å². The molecule has 0 heterocycles. The minimum absolute atomic E-state index is 0.0283. The molecule has 0 aliphatic heterocycles. The summed E-state index contributed by atoms with van der Waals surface area (Å²) in [7, 11) is -2.06. The minimum Gasteiger partial charge on any atom is -0.497 e. The first-order valence-electron chi connectivity index (χ1n) is 11.8. The molecule has 0 bridgehead atoms. The van der Waals surface area contributed by atoms with E-state index in [9.17, 15) is 18.0 Å². The van der Waals surface area contributed by atoms with Crippen molar-refractivity contribution in [2.24, 2.45) is 0 Å². The van der Waals surface area contributed by atoms with Crippen LogP contribution in [0.3, 0.4) is 0 Å². The zero-order valence-electron chi connectivity index (χ0n) is 22.0. The molecule has 204 valence electrons. The summed E-state index contributed by atoms with van der Waals surface area (Å²) >= 11 is 12.4. The molecule has 2 aromatic rings. The number of ether oxygens (including phenoxy) is 1. The molecule has 0 aliphatic carbocycles. The number of sulfonamides is 1. The number of amides is 2. The second kappa shape index (κ2) is 12.8. The Morgan fingerprint density at radius 1 is 1.08 bits per heavy atom. The Morgan fingerprint density at radius 3 is 2.22 bits per heavy atom. The van der Waals surface area contributed by atoms with Crippen molar-refractivity contribution in [3.8, 4) is 5.75 Å². The predicted molar refractivity (Wildman–Crippen MR) is 149 cm³/mol. The molecule has 2 rings (SSSR count). The molecule has 0 saturated heterocycles. The van der Waals surface area contributed by atoms with E-state index in [0.717, 1.165) is 6.26 Å². The molecule has 0 saturated carbocycles. The van der Waals surface area contributed by atoms with Crippen molar-refractivity contribution in [1.82, 2.24) is 10.2 Å². The molecule has 8 nitrogen and oxygen atoms in total. The molecule has 0 aromatic heterocycles. The highest BCUT2D eigenvalue weighted by atomic mass is 35.5. The van der Waals surface area contributed by atoms with Crippen molar-refractivity contribution in [2.45, 2.75) is 58.7 Å². The molecule has 0 aliphatic rings. The topological polar surface area (TPSA) is 96.0 Å². The number of nitrogens with zero attached hydrogens (tertiary/aromatic N) is 2. The molecule has 1 unspecified atom stereocenters. The Morgan fingerprint density at radius 2 is 1.70 bits per heavy atom. The summed E-state index contributed by atoms with van der Waals surface area (Å²) in [5.74, 6) is -0.000842. The van der Waals surface area contributed by atoms with Crippen LogP contribution in [0.4, 0.5) is 5.69 Å². The lowest BCUT2D eigenvalue weighted by atomic mass is 10.1. The highest BCUT2D eigenvalue weighted by Crippen LogP contribution is 2.25. The summed E-state index contributed by atoms with van der Waals surface area (Å²) in [5, 5.41) is 3.75. The third-order valence-corrected chi connectivity index (χ3v) is 7.31. The Kier molecular flexibility index (Phi) is 10.7. The van der Waals surface area contributed by atoms with Crippen LogP contribution in [-0.4, -0.2) is 56.6 Å². The zero-order valence-corrected chi connectivity index (χ0v) is 24.4. The highest BCUT2D eigenvalue weighted by molar-refractivity contribution is 7.92. The van der Waals surface area contributed by atoms with Crippen LogP contribution >= 0.6 is 23.2 Å². The van der Waals surface area contributed by atoms with Crippen molar-refractivity contribution in [3.05, 3.63) is 58.1 Å². The smallest absolute Gasteiger partial charge is 0.242 e. The number of anilines is 1. The second-order valence-corrected chi connectivity index (χ2v) is 12.6. The molecule has 1 atom stereocenters. The van der Waals surface area contributed by atoms with E-state index in [0.29, 0.717) is 27.0 Å². The average Bonchev–Trinajstić information content (AvgIpc) is 2.79. The fourth-order valence-electron chi connectivity index (χ4n) is 3.64. The molecule has 2 aromatic carbocycles. The number of halogens is 2. The lowest BCUT2D eigenvalue weighted by Gasteiger charge is -2.32. The van der Waals surface area contributed by atoms with Gasteiger partial charge in [-0.05, 0) is 76.1 Å². The van der Waals surface area contributed by atoms with Gasteiger partial charge < -0.3 is 15.0 Å². The number of rotatable bonds is 11. The fourth-order valence-corrected chi connectivity index (χ4v) is 5.08. The number of hydrogen-bond acceptors (Lipinski definition) is 5. The quantitative estimate of drug-likeness (QED) is 0.414. The SMILES string of the molecule is COc1ccc(N(CCCC(=O)N(Cc2ccc(Cl)cc2Cl)C(C)C(=O)NC(C)(C)C)S(C)(=O)=O)cc1. The van der Waals surface area contributed by atoms with Gasteiger partial charge in [-0.25, -0.2) is 8.42 Å². The van der Waals surface area contributed by atoms with Crippen LogP contribution in [0.25, 0.3) is 0 Å². The molecule has 11 heteroatoms. The van der Waals surface area contributed by atoms with E-state index >= 15 is 0 Å². The third-order valence-electron chi connectivity index (χ3n) is 5.53. The first kappa shape index (κ1) is 30.7. The molecule has 0 spiro atoms. The zero-order chi connectivity index (χ0) is 28.0. The van der Waals surface area contributed by atoms with Crippen LogP contribution in [0.15, 0.2) is 42.5 Å². The molecule has 0 radical (unpaired) electrons. The monoisotopic (exact) mass is 571 g/mol. The van der Waals surface area contributed by atoms with Gasteiger partial charge in [-0.2, -0.15) is 0 Å². The first-order chi connectivity index (χ1) is 17.1. The maximum absolute atomic E-state index is 13.4. The maximum atomic E-state index is 13.4. The van der Waals surface area contributed by atoms with Gasteiger partial charge in [0.25, 0.3) is 0 Å². The van der Waals surface area contributed by atoms with Gasteiger partial charge in [-0.15, -0.1) is 0 Å². The number of hydrogen-bond donors (Lipinski definition) is 1. The number of methoxy groups -OCH3 is 1. The van der Waals surface area contributed by atoms with Gasteiger partial charge in [0.2, 0.25) is 21.8 Å². The number of benzene rings is 2. The second-order valence-electron chi connectivity index (χ2n) is 9.81. The first-order valence-corrected chi connectivity index (χ1v) is 14.4. The molecule has 0 fully saturated rings. The van der Waals surface area contributed by atoms with Gasteiger partial charge in [-0.3, -0.25) is 13.9 Å². The molecule has 37 heavy (non-hydrogen) atoms.